The fourth-order valence-electron chi connectivity index (χ4n) is 3.57. The van der Waals surface area contributed by atoms with Crippen LogP contribution in [-0.2, 0) is 30.4 Å². The van der Waals surface area contributed by atoms with Crippen LogP contribution in [-0.4, -0.2) is 72.5 Å². The monoisotopic (exact) mass is 520 g/mol. The van der Waals surface area contributed by atoms with Crippen molar-refractivity contribution in [1.82, 2.24) is 21.3 Å². The zero-order valence-electron chi connectivity index (χ0n) is 21.5. The Kier molecular flexibility index (Phi) is 14.5. The first-order valence-corrected chi connectivity index (χ1v) is 12.4. The van der Waals surface area contributed by atoms with Crippen molar-refractivity contribution in [2.24, 2.45) is 17.4 Å². The molecule has 3 atom stereocenters. The number of carboxylic acid groups (broad SMARTS) is 1. The Labute approximate surface area is 217 Å². The fraction of sp³-hybridized carbons (Fsp3) is 0.560. The van der Waals surface area contributed by atoms with Crippen molar-refractivity contribution < 1.29 is 29.1 Å². The standard InChI is InChI=1S/C25H40N6O6/c1-16(2)12-19(23(34)28-15-22(33)29-18(25(36)37)10-6-7-11-26)31-24(35)20(30-21(32)14-27)13-17-8-4-3-5-9-17/h3-5,8-9,16,18-20H,6-7,10-15,26-27H2,1-2H3,(H,28,34)(H,29,33)(H,30,32)(H,31,35)(H,36,37)/t18-,19-,20-/m0/s1. The summed E-state index contributed by atoms with van der Waals surface area (Å²) in [5.41, 5.74) is 11.6. The average Bonchev–Trinajstić information content (AvgIpc) is 2.86. The number of hydrogen-bond acceptors (Lipinski definition) is 7. The van der Waals surface area contributed by atoms with Gasteiger partial charge >= 0.3 is 5.97 Å². The lowest BCUT2D eigenvalue weighted by atomic mass is 10.0. The summed E-state index contributed by atoms with van der Waals surface area (Å²) >= 11 is 0. The van der Waals surface area contributed by atoms with Crippen LogP contribution in [0, 0.1) is 5.92 Å². The minimum absolute atomic E-state index is 0.0232. The lowest BCUT2D eigenvalue weighted by Crippen LogP contribution is -2.56. The molecule has 0 fully saturated rings. The molecule has 0 saturated carbocycles. The third kappa shape index (κ3) is 12.8. The SMILES string of the molecule is CC(C)C[C@H](NC(=O)[C@H](Cc1ccccc1)NC(=O)CN)C(=O)NCC(=O)N[C@@H](CCCCN)C(=O)O. The Hall–Kier alpha value is -3.51. The van der Waals surface area contributed by atoms with Gasteiger partial charge in [0.25, 0.3) is 0 Å². The molecule has 12 nitrogen and oxygen atoms in total. The number of unbranched alkanes of at least 4 members (excludes halogenated alkanes) is 1. The third-order valence-electron chi connectivity index (χ3n) is 5.46. The van der Waals surface area contributed by atoms with E-state index in [2.05, 4.69) is 21.3 Å². The molecule has 9 N–H and O–H groups in total. The van der Waals surface area contributed by atoms with Crippen molar-refractivity contribution in [2.75, 3.05) is 19.6 Å². The first-order chi connectivity index (χ1) is 17.6. The Morgan fingerprint density at radius 3 is 2.05 bits per heavy atom. The summed E-state index contributed by atoms with van der Waals surface area (Å²) in [6.07, 6.45) is 1.85. The second kappa shape index (κ2) is 17.0. The summed E-state index contributed by atoms with van der Waals surface area (Å²) in [6.45, 7) is 3.40. The number of carbonyl (C=O) groups excluding carboxylic acids is 4. The highest BCUT2D eigenvalue weighted by Gasteiger charge is 2.28. The highest BCUT2D eigenvalue weighted by Crippen LogP contribution is 2.08. The molecule has 12 heteroatoms. The molecule has 0 unspecified atom stereocenters. The normalized spacial score (nSPS) is 13.2. The maximum atomic E-state index is 13.1. The second-order valence-corrected chi connectivity index (χ2v) is 9.17. The van der Waals surface area contributed by atoms with E-state index in [0.717, 1.165) is 5.56 Å². The van der Waals surface area contributed by atoms with Gasteiger partial charge in [0, 0.05) is 6.42 Å². The van der Waals surface area contributed by atoms with Gasteiger partial charge in [-0.05, 0) is 43.7 Å². The number of carboxylic acids is 1. The zero-order valence-corrected chi connectivity index (χ0v) is 21.5. The molecule has 0 aliphatic carbocycles. The Bertz CT molecular complexity index is 895. The van der Waals surface area contributed by atoms with Crippen molar-refractivity contribution in [3.8, 4) is 0 Å². The van der Waals surface area contributed by atoms with Gasteiger partial charge in [-0.1, -0.05) is 44.2 Å². The summed E-state index contributed by atoms with van der Waals surface area (Å²) in [6, 6.07) is 6.03. The maximum absolute atomic E-state index is 13.1. The van der Waals surface area contributed by atoms with E-state index in [9.17, 15) is 29.1 Å². The minimum Gasteiger partial charge on any atom is -0.480 e. The number of nitrogens with one attached hydrogen (secondary N) is 4. The fourth-order valence-corrected chi connectivity index (χ4v) is 3.57. The van der Waals surface area contributed by atoms with Crippen molar-refractivity contribution in [1.29, 1.82) is 0 Å². The predicted octanol–water partition coefficient (Wildman–Crippen LogP) is -0.982. The average molecular weight is 521 g/mol. The highest BCUT2D eigenvalue weighted by atomic mass is 16.4. The van der Waals surface area contributed by atoms with E-state index in [0.29, 0.717) is 19.4 Å². The summed E-state index contributed by atoms with van der Waals surface area (Å²) in [7, 11) is 0. The van der Waals surface area contributed by atoms with E-state index >= 15 is 0 Å². The van der Waals surface area contributed by atoms with Crippen LogP contribution in [0.2, 0.25) is 0 Å². The van der Waals surface area contributed by atoms with E-state index < -0.39 is 54.3 Å². The van der Waals surface area contributed by atoms with Crippen LogP contribution in [0.15, 0.2) is 30.3 Å². The van der Waals surface area contributed by atoms with Gasteiger partial charge in [-0.2, -0.15) is 0 Å². The van der Waals surface area contributed by atoms with E-state index in [-0.39, 0.29) is 31.7 Å². The topological polar surface area (TPSA) is 206 Å². The molecule has 0 radical (unpaired) electrons. The molecule has 4 amide bonds. The molecule has 206 valence electrons. The highest BCUT2D eigenvalue weighted by molar-refractivity contribution is 5.94. The summed E-state index contributed by atoms with van der Waals surface area (Å²) < 4.78 is 0. The Balaban J connectivity index is 2.83. The lowest BCUT2D eigenvalue weighted by Gasteiger charge is -2.24. The van der Waals surface area contributed by atoms with Gasteiger partial charge < -0.3 is 37.8 Å². The van der Waals surface area contributed by atoms with E-state index in [4.69, 9.17) is 11.5 Å². The van der Waals surface area contributed by atoms with Gasteiger partial charge in [0.2, 0.25) is 23.6 Å². The third-order valence-corrected chi connectivity index (χ3v) is 5.46. The molecule has 37 heavy (non-hydrogen) atoms. The molecule has 1 rings (SSSR count). The minimum atomic E-state index is -1.18. The van der Waals surface area contributed by atoms with Crippen LogP contribution in [0.3, 0.4) is 0 Å². The zero-order chi connectivity index (χ0) is 27.8. The lowest BCUT2D eigenvalue weighted by molar-refractivity contribution is -0.142. The molecular formula is C25H40N6O6. The molecule has 0 spiro atoms. The second-order valence-electron chi connectivity index (χ2n) is 9.17. The molecule has 0 heterocycles. The van der Waals surface area contributed by atoms with Crippen LogP contribution < -0.4 is 32.7 Å². The summed E-state index contributed by atoms with van der Waals surface area (Å²) in [5.74, 6) is -3.50. The smallest absolute Gasteiger partial charge is 0.326 e. The van der Waals surface area contributed by atoms with Gasteiger partial charge in [0.05, 0.1) is 13.1 Å². The van der Waals surface area contributed by atoms with Crippen LogP contribution in [0.4, 0.5) is 0 Å². The molecule has 1 aromatic rings. The van der Waals surface area contributed by atoms with E-state index in [1.807, 2.05) is 44.2 Å². The van der Waals surface area contributed by atoms with Gasteiger partial charge in [-0.25, -0.2) is 4.79 Å². The van der Waals surface area contributed by atoms with Gasteiger partial charge in [-0.3, -0.25) is 19.2 Å². The summed E-state index contributed by atoms with van der Waals surface area (Å²) in [4.78, 5) is 61.5. The molecule has 0 aliphatic rings. The first-order valence-electron chi connectivity index (χ1n) is 12.4. The number of benzene rings is 1. The number of rotatable bonds is 17. The number of hydrogen-bond donors (Lipinski definition) is 7. The van der Waals surface area contributed by atoms with Gasteiger partial charge in [-0.15, -0.1) is 0 Å². The Morgan fingerprint density at radius 1 is 0.838 bits per heavy atom. The number of aliphatic carboxylic acids is 1. The largest absolute Gasteiger partial charge is 0.480 e. The molecule has 1 aromatic carbocycles. The number of carbonyl (C=O) groups is 5. The van der Waals surface area contributed by atoms with Crippen LogP contribution >= 0.6 is 0 Å². The van der Waals surface area contributed by atoms with E-state index in [1.54, 1.807) is 0 Å². The first kappa shape index (κ1) is 31.5. The van der Waals surface area contributed by atoms with Gasteiger partial charge in [0.1, 0.15) is 18.1 Å². The van der Waals surface area contributed by atoms with E-state index in [1.165, 1.54) is 0 Å². The number of nitrogens with two attached hydrogens (primary N) is 2. The summed E-state index contributed by atoms with van der Waals surface area (Å²) in [5, 5.41) is 19.4. The molecule has 0 aliphatic heterocycles. The van der Waals surface area contributed by atoms with Crippen LogP contribution in [0.25, 0.3) is 0 Å². The van der Waals surface area contributed by atoms with Gasteiger partial charge in [0.15, 0.2) is 0 Å². The Morgan fingerprint density at radius 2 is 1.49 bits per heavy atom. The molecule has 0 bridgehead atoms. The van der Waals surface area contributed by atoms with Crippen molar-refractivity contribution in [2.45, 2.75) is 64.1 Å². The molecule has 0 saturated heterocycles. The van der Waals surface area contributed by atoms with Crippen molar-refractivity contribution >= 4 is 29.6 Å². The quantitative estimate of drug-likeness (QED) is 0.127. The molecule has 0 aromatic heterocycles. The van der Waals surface area contributed by atoms with Crippen molar-refractivity contribution in [3.63, 3.8) is 0 Å². The predicted molar refractivity (Wildman–Crippen MR) is 138 cm³/mol. The maximum Gasteiger partial charge on any atom is 0.326 e. The number of amides is 4. The van der Waals surface area contributed by atoms with Crippen LogP contribution in [0.1, 0.15) is 45.1 Å². The molecular weight excluding hydrogens is 480 g/mol. The van der Waals surface area contributed by atoms with Crippen LogP contribution in [0.5, 0.6) is 0 Å². The van der Waals surface area contributed by atoms with Crippen molar-refractivity contribution in [3.05, 3.63) is 35.9 Å².